The molecule has 0 aliphatic carbocycles. The van der Waals surface area contributed by atoms with Crippen LogP contribution in [0.25, 0.3) is 20.7 Å². The molecule has 0 saturated heterocycles. The molecule has 1 nitrogen and oxygen atoms in total. The first-order valence-corrected chi connectivity index (χ1v) is 7.88. The fraction of sp³-hybridized carbons (Fsp3) is 0.278. The van der Waals surface area contributed by atoms with Gasteiger partial charge in [-0.25, -0.2) is 0 Å². The SMILES string of the molecule is CCC(C)(C)c1c(-c2ccccn2)sc2ccccc12. The van der Waals surface area contributed by atoms with E-state index in [1.165, 1.54) is 20.5 Å². The molecule has 0 radical (unpaired) electrons. The summed E-state index contributed by atoms with van der Waals surface area (Å²) in [6.45, 7) is 6.91. The summed E-state index contributed by atoms with van der Waals surface area (Å²) >= 11 is 1.86. The molecule has 0 N–H and O–H groups in total. The summed E-state index contributed by atoms with van der Waals surface area (Å²) in [5, 5.41) is 1.38. The molecule has 102 valence electrons. The van der Waals surface area contributed by atoms with Crippen LogP contribution < -0.4 is 0 Å². The normalized spacial score (nSPS) is 11.9. The lowest BCUT2D eigenvalue weighted by Crippen LogP contribution is -2.16. The standard InChI is InChI=1S/C18H19NS/c1-4-18(2,3)16-13-9-5-6-11-15(13)20-17(16)14-10-7-8-12-19-14/h5-12H,4H2,1-3H3. The number of benzene rings is 1. The van der Waals surface area contributed by atoms with Crippen LogP contribution in [0.5, 0.6) is 0 Å². The third-order valence-electron chi connectivity index (χ3n) is 4.05. The number of hydrogen-bond donors (Lipinski definition) is 0. The van der Waals surface area contributed by atoms with E-state index in [0.29, 0.717) is 0 Å². The van der Waals surface area contributed by atoms with E-state index in [1.54, 1.807) is 0 Å². The van der Waals surface area contributed by atoms with Crippen molar-refractivity contribution in [2.45, 2.75) is 32.6 Å². The third-order valence-corrected chi connectivity index (χ3v) is 5.25. The number of pyridine rings is 1. The summed E-state index contributed by atoms with van der Waals surface area (Å²) in [6.07, 6.45) is 3.00. The number of aromatic nitrogens is 1. The van der Waals surface area contributed by atoms with Crippen molar-refractivity contribution in [1.29, 1.82) is 0 Å². The van der Waals surface area contributed by atoms with Gasteiger partial charge in [0.25, 0.3) is 0 Å². The summed E-state index contributed by atoms with van der Waals surface area (Å²) < 4.78 is 1.35. The van der Waals surface area contributed by atoms with Crippen molar-refractivity contribution in [3.63, 3.8) is 0 Å². The first kappa shape index (κ1) is 13.3. The first-order valence-electron chi connectivity index (χ1n) is 7.07. The Bertz CT molecular complexity index is 726. The molecule has 0 unspecified atom stereocenters. The van der Waals surface area contributed by atoms with Crippen molar-refractivity contribution in [1.82, 2.24) is 4.98 Å². The molecular formula is C18H19NS. The Hall–Kier alpha value is -1.67. The van der Waals surface area contributed by atoms with Crippen LogP contribution in [0.15, 0.2) is 48.7 Å². The predicted octanol–water partition coefficient (Wildman–Crippen LogP) is 5.65. The lowest BCUT2D eigenvalue weighted by Gasteiger charge is -2.24. The van der Waals surface area contributed by atoms with E-state index >= 15 is 0 Å². The van der Waals surface area contributed by atoms with Crippen LogP contribution in [0.1, 0.15) is 32.8 Å². The smallest absolute Gasteiger partial charge is 0.0805 e. The summed E-state index contributed by atoms with van der Waals surface area (Å²) in [7, 11) is 0. The molecule has 2 heterocycles. The van der Waals surface area contributed by atoms with E-state index < -0.39 is 0 Å². The van der Waals surface area contributed by atoms with Gasteiger partial charge in [-0.3, -0.25) is 4.98 Å². The van der Waals surface area contributed by atoms with E-state index in [9.17, 15) is 0 Å². The van der Waals surface area contributed by atoms with Crippen LogP contribution in [0, 0.1) is 0 Å². The van der Waals surface area contributed by atoms with E-state index in [2.05, 4.69) is 62.2 Å². The lowest BCUT2D eigenvalue weighted by atomic mass is 9.80. The molecule has 0 amide bonds. The highest BCUT2D eigenvalue weighted by Crippen LogP contribution is 2.45. The van der Waals surface area contributed by atoms with Crippen molar-refractivity contribution in [2.75, 3.05) is 0 Å². The monoisotopic (exact) mass is 281 g/mol. The topological polar surface area (TPSA) is 12.9 Å². The van der Waals surface area contributed by atoms with Gasteiger partial charge in [0.05, 0.1) is 10.6 Å². The summed E-state index contributed by atoms with van der Waals surface area (Å²) in [5.41, 5.74) is 2.69. The third kappa shape index (κ3) is 2.14. The van der Waals surface area contributed by atoms with Crippen LogP contribution in [-0.2, 0) is 5.41 Å². The highest BCUT2D eigenvalue weighted by atomic mass is 32.1. The highest BCUT2D eigenvalue weighted by Gasteiger charge is 2.27. The molecule has 1 aromatic carbocycles. The van der Waals surface area contributed by atoms with Gasteiger partial charge in [-0.15, -0.1) is 11.3 Å². The average molecular weight is 281 g/mol. The van der Waals surface area contributed by atoms with Gasteiger partial charge < -0.3 is 0 Å². The van der Waals surface area contributed by atoms with Gasteiger partial charge in [-0.1, -0.05) is 45.0 Å². The lowest BCUT2D eigenvalue weighted by molar-refractivity contribution is 0.513. The molecule has 20 heavy (non-hydrogen) atoms. The maximum absolute atomic E-state index is 4.56. The van der Waals surface area contributed by atoms with Gasteiger partial charge in [0.1, 0.15) is 0 Å². The molecule has 3 rings (SSSR count). The maximum Gasteiger partial charge on any atom is 0.0805 e. The molecular weight excluding hydrogens is 262 g/mol. The molecule has 0 aliphatic rings. The van der Waals surface area contributed by atoms with Crippen molar-refractivity contribution in [3.05, 3.63) is 54.2 Å². The van der Waals surface area contributed by atoms with Crippen molar-refractivity contribution >= 4 is 21.4 Å². The Balaban J connectivity index is 2.34. The zero-order valence-corrected chi connectivity index (χ0v) is 13.0. The quantitative estimate of drug-likeness (QED) is 0.604. The minimum absolute atomic E-state index is 0.159. The summed E-state index contributed by atoms with van der Waals surface area (Å²) in [6, 6.07) is 14.8. The molecule has 2 aromatic heterocycles. The number of nitrogens with zero attached hydrogens (tertiary/aromatic N) is 1. The first-order chi connectivity index (χ1) is 9.63. The number of thiophene rings is 1. The Morgan fingerprint density at radius 3 is 2.50 bits per heavy atom. The Kier molecular flexibility index (Phi) is 3.35. The maximum atomic E-state index is 4.56. The summed E-state index contributed by atoms with van der Waals surface area (Å²) in [4.78, 5) is 5.88. The van der Waals surface area contributed by atoms with Gasteiger partial charge in [0.2, 0.25) is 0 Å². The van der Waals surface area contributed by atoms with Gasteiger partial charge >= 0.3 is 0 Å². The van der Waals surface area contributed by atoms with Crippen LogP contribution in [0.3, 0.4) is 0 Å². The molecule has 0 saturated carbocycles. The van der Waals surface area contributed by atoms with E-state index in [4.69, 9.17) is 0 Å². The second kappa shape index (κ2) is 5.02. The molecule has 0 spiro atoms. The minimum atomic E-state index is 0.159. The van der Waals surface area contributed by atoms with Gasteiger partial charge in [0.15, 0.2) is 0 Å². The van der Waals surface area contributed by atoms with Crippen LogP contribution >= 0.6 is 11.3 Å². The Morgan fingerprint density at radius 1 is 1.05 bits per heavy atom. The van der Waals surface area contributed by atoms with E-state index in [-0.39, 0.29) is 5.41 Å². The summed E-state index contributed by atoms with van der Waals surface area (Å²) in [5.74, 6) is 0. The van der Waals surface area contributed by atoms with Gasteiger partial charge in [-0.2, -0.15) is 0 Å². The van der Waals surface area contributed by atoms with E-state index in [0.717, 1.165) is 12.1 Å². The second-order valence-corrected chi connectivity index (χ2v) is 6.81. The molecule has 0 atom stereocenters. The van der Waals surface area contributed by atoms with Gasteiger partial charge in [-0.05, 0) is 41.0 Å². The Morgan fingerprint density at radius 2 is 1.80 bits per heavy atom. The molecule has 0 bridgehead atoms. The molecule has 3 aromatic rings. The van der Waals surface area contributed by atoms with Crippen LogP contribution in [-0.4, -0.2) is 4.98 Å². The van der Waals surface area contributed by atoms with Crippen molar-refractivity contribution in [2.24, 2.45) is 0 Å². The number of fused-ring (bicyclic) bond motifs is 1. The number of rotatable bonds is 3. The second-order valence-electron chi connectivity index (χ2n) is 5.75. The van der Waals surface area contributed by atoms with E-state index in [1.807, 2.05) is 23.6 Å². The zero-order chi connectivity index (χ0) is 14.2. The average Bonchev–Trinajstić information content (AvgIpc) is 2.88. The van der Waals surface area contributed by atoms with Gasteiger partial charge in [0, 0.05) is 10.9 Å². The molecule has 2 heteroatoms. The van der Waals surface area contributed by atoms with Crippen molar-refractivity contribution in [3.8, 4) is 10.6 Å². The predicted molar refractivity (Wildman–Crippen MR) is 88.4 cm³/mol. The number of hydrogen-bond acceptors (Lipinski definition) is 2. The minimum Gasteiger partial charge on any atom is -0.255 e. The highest BCUT2D eigenvalue weighted by molar-refractivity contribution is 7.22. The Labute approximate surface area is 124 Å². The fourth-order valence-electron chi connectivity index (χ4n) is 2.57. The molecule has 0 aliphatic heterocycles. The van der Waals surface area contributed by atoms with Crippen molar-refractivity contribution < 1.29 is 0 Å². The largest absolute Gasteiger partial charge is 0.255 e. The zero-order valence-electron chi connectivity index (χ0n) is 12.2. The van der Waals surface area contributed by atoms with Crippen LogP contribution in [0.2, 0.25) is 0 Å². The molecule has 0 fully saturated rings. The van der Waals surface area contributed by atoms with Crippen LogP contribution in [0.4, 0.5) is 0 Å². The fourth-order valence-corrected chi connectivity index (χ4v) is 3.93.